The fraction of sp³-hybridized carbons (Fsp3) is 0.118. The van der Waals surface area contributed by atoms with Gasteiger partial charge in [-0.25, -0.2) is 0 Å². The number of benzene rings is 2. The Morgan fingerprint density at radius 2 is 1.91 bits per heavy atom. The van der Waals surface area contributed by atoms with Crippen molar-refractivity contribution in [1.29, 1.82) is 0 Å². The zero-order valence-corrected chi connectivity index (χ0v) is 13.2. The molecule has 3 rings (SSSR count). The van der Waals surface area contributed by atoms with Gasteiger partial charge in [-0.15, -0.1) is 0 Å². The van der Waals surface area contributed by atoms with Crippen molar-refractivity contribution >= 4 is 40.0 Å². The smallest absolute Gasteiger partial charge is 0.251 e. The molecule has 0 fully saturated rings. The average Bonchev–Trinajstić information content (AvgIpc) is 2.89. The molecule has 1 heterocycles. The van der Waals surface area contributed by atoms with E-state index in [2.05, 4.69) is 10.3 Å². The van der Waals surface area contributed by atoms with Crippen molar-refractivity contribution in [1.82, 2.24) is 10.3 Å². The van der Waals surface area contributed by atoms with Gasteiger partial charge in [-0.2, -0.15) is 0 Å². The molecular weight excluding hydrogens is 319 g/mol. The standard InChI is InChI=1S/C17H14Cl2N2O/c18-13-3-1-2-11(8-13)17(22)20-7-6-12-10-21-16-5-4-14(19)9-15(12)16/h1-5,8-10,21H,6-7H2,(H,20,22). The van der Waals surface area contributed by atoms with E-state index >= 15 is 0 Å². The molecule has 1 aromatic heterocycles. The van der Waals surface area contributed by atoms with Crippen LogP contribution >= 0.6 is 23.2 Å². The van der Waals surface area contributed by atoms with Gasteiger partial charge in [0.2, 0.25) is 0 Å². The summed E-state index contributed by atoms with van der Waals surface area (Å²) in [5.74, 6) is -0.125. The molecule has 0 aliphatic carbocycles. The lowest BCUT2D eigenvalue weighted by atomic mass is 10.1. The van der Waals surface area contributed by atoms with Crippen LogP contribution in [0.5, 0.6) is 0 Å². The molecule has 112 valence electrons. The van der Waals surface area contributed by atoms with E-state index < -0.39 is 0 Å². The first kappa shape index (κ1) is 14.9. The van der Waals surface area contributed by atoms with Crippen LogP contribution in [0.4, 0.5) is 0 Å². The van der Waals surface area contributed by atoms with E-state index in [9.17, 15) is 4.79 Å². The maximum Gasteiger partial charge on any atom is 0.251 e. The third kappa shape index (κ3) is 3.26. The third-order valence-corrected chi connectivity index (χ3v) is 3.97. The molecule has 0 saturated carbocycles. The Morgan fingerprint density at radius 1 is 1.09 bits per heavy atom. The van der Waals surface area contributed by atoms with Crippen LogP contribution in [0, 0.1) is 0 Å². The van der Waals surface area contributed by atoms with Crippen LogP contribution in [-0.4, -0.2) is 17.4 Å². The number of carbonyl (C=O) groups excluding carboxylic acids is 1. The van der Waals surface area contributed by atoms with Crippen molar-refractivity contribution in [2.45, 2.75) is 6.42 Å². The Labute approximate surface area is 138 Å². The van der Waals surface area contributed by atoms with Crippen LogP contribution in [0.1, 0.15) is 15.9 Å². The molecule has 0 spiro atoms. The van der Waals surface area contributed by atoms with Gasteiger partial charge < -0.3 is 10.3 Å². The Morgan fingerprint density at radius 3 is 2.73 bits per heavy atom. The molecule has 0 bridgehead atoms. The van der Waals surface area contributed by atoms with E-state index in [1.165, 1.54) is 0 Å². The highest BCUT2D eigenvalue weighted by molar-refractivity contribution is 6.31. The first-order valence-electron chi connectivity index (χ1n) is 6.93. The lowest BCUT2D eigenvalue weighted by Gasteiger charge is -2.05. The molecule has 0 aliphatic heterocycles. The summed E-state index contributed by atoms with van der Waals surface area (Å²) in [6.07, 6.45) is 2.68. The van der Waals surface area contributed by atoms with E-state index in [-0.39, 0.29) is 5.91 Å². The minimum absolute atomic E-state index is 0.125. The number of carbonyl (C=O) groups is 1. The van der Waals surface area contributed by atoms with Crippen LogP contribution in [0.2, 0.25) is 10.0 Å². The third-order valence-electron chi connectivity index (χ3n) is 3.50. The number of amides is 1. The first-order chi connectivity index (χ1) is 10.6. The molecule has 22 heavy (non-hydrogen) atoms. The van der Waals surface area contributed by atoms with Crippen molar-refractivity contribution in [3.05, 3.63) is 69.8 Å². The SMILES string of the molecule is O=C(NCCc1c[nH]c2ccc(Cl)cc12)c1cccc(Cl)c1. The van der Waals surface area contributed by atoms with Gasteiger partial charge >= 0.3 is 0 Å². The van der Waals surface area contributed by atoms with Crippen molar-refractivity contribution in [2.75, 3.05) is 6.54 Å². The van der Waals surface area contributed by atoms with Gasteiger partial charge in [-0.1, -0.05) is 29.3 Å². The molecule has 1 amide bonds. The predicted molar refractivity (Wildman–Crippen MR) is 90.8 cm³/mol. The summed E-state index contributed by atoms with van der Waals surface area (Å²) in [6.45, 7) is 0.546. The quantitative estimate of drug-likeness (QED) is 0.728. The number of hydrogen-bond donors (Lipinski definition) is 2. The number of H-pyrrole nitrogens is 1. The second-order valence-electron chi connectivity index (χ2n) is 5.02. The van der Waals surface area contributed by atoms with Crippen LogP contribution in [0.3, 0.4) is 0 Å². The van der Waals surface area contributed by atoms with Gasteiger partial charge in [-0.3, -0.25) is 4.79 Å². The van der Waals surface area contributed by atoms with E-state index in [0.29, 0.717) is 22.2 Å². The minimum atomic E-state index is -0.125. The maximum atomic E-state index is 12.0. The van der Waals surface area contributed by atoms with Gasteiger partial charge in [0.05, 0.1) is 0 Å². The Bertz CT molecular complexity index is 826. The second-order valence-corrected chi connectivity index (χ2v) is 5.89. The van der Waals surface area contributed by atoms with Crippen molar-refractivity contribution in [3.63, 3.8) is 0 Å². The van der Waals surface area contributed by atoms with Gasteiger partial charge in [-0.05, 0) is 48.4 Å². The summed E-state index contributed by atoms with van der Waals surface area (Å²) in [5.41, 5.74) is 2.74. The molecule has 3 nitrogen and oxygen atoms in total. The molecule has 5 heteroatoms. The summed E-state index contributed by atoms with van der Waals surface area (Å²) >= 11 is 11.9. The normalized spacial score (nSPS) is 10.8. The molecule has 2 N–H and O–H groups in total. The minimum Gasteiger partial charge on any atom is -0.361 e. The number of hydrogen-bond acceptors (Lipinski definition) is 1. The van der Waals surface area contributed by atoms with Crippen molar-refractivity contribution < 1.29 is 4.79 Å². The van der Waals surface area contributed by atoms with Crippen molar-refractivity contribution in [2.24, 2.45) is 0 Å². The van der Waals surface area contributed by atoms with E-state index in [4.69, 9.17) is 23.2 Å². The molecule has 2 aromatic carbocycles. The van der Waals surface area contributed by atoms with Gasteiger partial charge in [0, 0.05) is 39.3 Å². The van der Waals surface area contributed by atoms with Crippen LogP contribution in [0.25, 0.3) is 10.9 Å². The van der Waals surface area contributed by atoms with E-state index in [0.717, 1.165) is 22.9 Å². The van der Waals surface area contributed by atoms with Gasteiger partial charge in [0.15, 0.2) is 0 Å². The molecule has 0 aliphatic rings. The predicted octanol–water partition coefficient (Wildman–Crippen LogP) is 4.45. The number of aromatic amines is 1. The number of aromatic nitrogens is 1. The Balaban J connectivity index is 1.65. The highest BCUT2D eigenvalue weighted by Gasteiger charge is 2.07. The lowest BCUT2D eigenvalue weighted by molar-refractivity contribution is 0.0954. The molecule has 0 unspecified atom stereocenters. The molecule has 3 aromatic rings. The maximum absolute atomic E-state index is 12.0. The zero-order valence-electron chi connectivity index (χ0n) is 11.7. The average molecular weight is 333 g/mol. The Hall–Kier alpha value is -1.97. The summed E-state index contributed by atoms with van der Waals surface area (Å²) in [4.78, 5) is 15.2. The summed E-state index contributed by atoms with van der Waals surface area (Å²) < 4.78 is 0. The zero-order chi connectivity index (χ0) is 15.5. The lowest BCUT2D eigenvalue weighted by Crippen LogP contribution is -2.25. The van der Waals surface area contributed by atoms with Gasteiger partial charge in [0.1, 0.15) is 0 Å². The fourth-order valence-corrected chi connectivity index (χ4v) is 2.76. The highest BCUT2D eigenvalue weighted by Crippen LogP contribution is 2.22. The summed E-state index contributed by atoms with van der Waals surface area (Å²) in [7, 11) is 0. The molecule has 0 atom stereocenters. The van der Waals surface area contributed by atoms with E-state index in [1.54, 1.807) is 24.3 Å². The highest BCUT2D eigenvalue weighted by atomic mass is 35.5. The topological polar surface area (TPSA) is 44.9 Å². The summed E-state index contributed by atoms with van der Waals surface area (Å²) in [5, 5.41) is 5.25. The number of halogens is 2. The van der Waals surface area contributed by atoms with Crippen LogP contribution < -0.4 is 5.32 Å². The largest absolute Gasteiger partial charge is 0.361 e. The van der Waals surface area contributed by atoms with Gasteiger partial charge in [0.25, 0.3) is 5.91 Å². The molecular formula is C17H14Cl2N2O. The fourth-order valence-electron chi connectivity index (χ4n) is 2.40. The van der Waals surface area contributed by atoms with Crippen LogP contribution in [0.15, 0.2) is 48.7 Å². The monoisotopic (exact) mass is 332 g/mol. The summed E-state index contributed by atoms with van der Waals surface area (Å²) in [6, 6.07) is 12.6. The van der Waals surface area contributed by atoms with Crippen LogP contribution in [-0.2, 0) is 6.42 Å². The molecule has 0 radical (unpaired) electrons. The number of rotatable bonds is 4. The van der Waals surface area contributed by atoms with Crippen molar-refractivity contribution in [3.8, 4) is 0 Å². The van der Waals surface area contributed by atoms with E-state index in [1.807, 2.05) is 24.4 Å². The second kappa shape index (κ2) is 6.42. The molecule has 0 saturated heterocycles. The Kier molecular flexibility index (Phi) is 4.36. The first-order valence-corrected chi connectivity index (χ1v) is 7.68. The number of nitrogens with one attached hydrogen (secondary N) is 2. The number of fused-ring (bicyclic) bond motifs is 1.